The molecular formula is C16H18F3NO3. The lowest BCUT2D eigenvalue weighted by molar-refractivity contribution is -0.138. The number of hydrogen-bond donors (Lipinski definition) is 0. The third kappa shape index (κ3) is 3.50. The first-order valence-electron chi connectivity index (χ1n) is 7.65. The van der Waals surface area contributed by atoms with Gasteiger partial charge in [0.2, 0.25) is 0 Å². The standard InChI is InChI=1S/C16H18F3NO3/c17-16(18,19)12-5-2-1-4-11(12)15(21)20-7-9-23-14(10-20)13-6-3-8-22-13/h1-2,4-5,13-14H,3,6-10H2/t13-,14+/m1/s1. The fourth-order valence-electron chi connectivity index (χ4n) is 3.07. The first-order chi connectivity index (χ1) is 11.0. The number of ether oxygens (including phenoxy) is 2. The van der Waals surface area contributed by atoms with Gasteiger partial charge in [-0.25, -0.2) is 0 Å². The molecule has 0 radical (unpaired) electrons. The smallest absolute Gasteiger partial charge is 0.375 e. The highest BCUT2D eigenvalue weighted by Gasteiger charge is 2.38. The normalized spacial score (nSPS) is 25.6. The Morgan fingerprint density at radius 1 is 1.13 bits per heavy atom. The number of alkyl halides is 3. The van der Waals surface area contributed by atoms with E-state index in [2.05, 4.69) is 0 Å². The van der Waals surface area contributed by atoms with Crippen LogP contribution in [-0.2, 0) is 15.7 Å². The quantitative estimate of drug-likeness (QED) is 0.837. The number of rotatable bonds is 2. The molecule has 1 aromatic rings. The Kier molecular flexibility index (Phi) is 4.59. The Hall–Kier alpha value is -1.60. The van der Waals surface area contributed by atoms with Crippen LogP contribution in [0.1, 0.15) is 28.8 Å². The van der Waals surface area contributed by atoms with Gasteiger partial charge in [-0.1, -0.05) is 12.1 Å². The summed E-state index contributed by atoms with van der Waals surface area (Å²) in [6.45, 7) is 1.52. The van der Waals surface area contributed by atoms with Crippen LogP contribution in [0.3, 0.4) is 0 Å². The number of halogens is 3. The van der Waals surface area contributed by atoms with Gasteiger partial charge in [0.05, 0.1) is 23.8 Å². The SMILES string of the molecule is O=C(c1ccccc1C(F)(F)F)N1CCO[C@H]([C@H]2CCCO2)C1. The van der Waals surface area contributed by atoms with Crippen molar-refractivity contribution >= 4 is 5.91 Å². The minimum atomic E-state index is -4.55. The van der Waals surface area contributed by atoms with Gasteiger partial charge in [0, 0.05) is 19.7 Å². The molecule has 0 aromatic heterocycles. The molecule has 23 heavy (non-hydrogen) atoms. The third-order valence-electron chi connectivity index (χ3n) is 4.22. The van der Waals surface area contributed by atoms with Crippen molar-refractivity contribution in [2.24, 2.45) is 0 Å². The van der Waals surface area contributed by atoms with E-state index in [1.165, 1.54) is 23.1 Å². The van der Waals surface area contributed by atoms with Gasteiger partial charge in [0.25, 0.3) is 5.91 Å². The second kappa shape index (κ2) is 6.49. The van der Waals surface area contributed by atoms with Gasteiger partial charge in [-0.15, -0.1) is 0 Å². The van der Waals surface area contributed by atoms with Crippen molar-refractivity contribution < 1.29 is 27.4 Å². The van der Waals surface area contributed by atoms with E-state index in [-0.39, 0.29) is 30.9 Å². The zero-order valence-corrected chi connectivity index (χ0v) is 12.5. The lowest BCUT2D eigenvalue weighted by Crippen LogP contribution is -2.50. The van der Waals surface area contributed by atoms with Crippen molar-refractivity contribution in [3.8, 4) is 0 Å². The minimum Gasteiger partial charge on any atom is -0.375 e. The molecule has 2 aliphatic heterocycles. The molecule has 4 nitrogen and oxygen atoms in total. The van der Waals surface area contributed by atoms with Gasteiger partial charge in [-0.3, -0.25) is 4.79 Å². The zero-order valence-electron chi connectivity index (χ0n) is 12.5. The Bertz CT molecular complexity index is 570. The Labute approximate surface area is 132 Å². The molecule has 2 heterocycles. The largest absolute Gasteiger partial charge is 0.417 e. The van der Waals surface area contributed by atoms with Gasteiger partial charge in [0.1, 0.15) is 6.10 Å². The highest BCUT2D eigenvalue weighted by atomic mass is 19.4. The van der Waals surface area contributed by atoms with Gasteiger partial charge in [-0.05, 0) is 25.0 Å². The van der Waals surface area contributed by atoms with E-state index in [9.17, 15) is 18.0 Å². The second-order valence-corrected chi connectivity index (χ2v) is 5.76. The van der Waals surface area contributed by atoms with Gasteiger partial charge in [0.15, 0.2) is 0 Å². The molecule has 0 aliphatic carbocycles. The van der Waals surface area contributed by atoms with Crippen molar-refractivity contribution in [1.29, 1.82) is 0 Å². The molecule has 2 atom stereocenters. The number of nitrogens with zero attached hydrogens (tertiary/aromatic N) is 1. The maximum Gasteiger partial charge on any atom is 0.417 e. The molecule has 2 saturated heterocycles. The van der Waals surface area contributed by atoms with Crippen LogP contribution in [0.4, 0.5) is 13.2 Å². The van der Waals surface area contributed by atoms with Crippen molar-refractivity contribution in [2.75, 3.05) is 26.3 Å². The average molecular weight is 329 g/mol. The topological polar surface area (TPSA) is 38.8 Å². The number of amides is 1. The molecule has 1 amide bonds. The summed E-state index contributed by atoms with van der Waals surface area (Å²) >= 11 is 0. The van der Waals surface area contributed by atoms with E-state index in [1.807, 2.05) is 0 Å². The molecule has 2 fully saturated rings. The molecule has 0 unspecified atom stereocenters. The monoisotopic (exact) mass is 329 g/mol. The van der Waals surface area contributed by atoms with Crippen LogP contribution in [0, 0.1) is 0 Å². The molecule has 2 aliphatic rings. The second-order valence-electron chi connectivity index (χ2n) is 5.76. The molecule has 1 aromatic carbocycles. The molecule has 3 rings (SSSR count). The van der Waals surface area contributed by atoms with Crippen LogP contribution in [0.2, 0.25) is 0 Å². The summed E-state index contributed by atoms with van der Waals surface area (Å²) in [5, 5.41) is 0. The maximum atomic E-state index is 13.1. The van der Waals surface area contributed by atoms with E-state index in [0.717, 1.165) is 18.9 Å². The van der Waals surface area contributed by atoms with Crippen molar-refractivity contribution in [3.63, 3.8) is 0 Å². The van der Waals surface area contributed by atoms with Crippen LogP contribution in [0.5, 0.6) is 0 Å². The van der Waals surface area contributed by atoms with Gasteiger partial charge in [-0.2, -0.15) is 13.2 Å². The summed E-state index contributed by atoms with van der Waals surface area (Å²) in [5.74, 6) is -0.607. The van der Waals surface area contributed by atoms with Crippen molar-refractivity contribution in [2.45, 2.75) is 31.2 Å². The fourth-order valence-corrected chi connectivity index (χ4v) is 3.07. The highest BCUT2D eigenvalue weighted by Crippen LogP contribution is 2.32. The van der Waals surface area contributed by atoms with E-state index < -0.39 is 17.6 Å². The van der Waals surface area contributed by atoms with Gasteiger partial charge >= 0.3 is 6.18 Å². The van der Waals surface area contributed by atoms with Crippen molar-refractivity contribution in [3.05, 3.63) is 35.4 Å². The summed E-state index contributed by atoms with van der Waals surface area (Å²) in [4.78, 5) is 14.0. The lowest BCUT2D eigenvalue weighted by atomic mass is 10.0. The molecule has 7 heteroatoms. The number of morpholine rings is 1. The van der Waals surface area contributed by atoms with E-state index in [0.29, 0.717) is 13.2 Å². The van der Waals surface area contributed by atoms with Crippen LogP contribution < -0.4 is 0 Å². The first-order valence-corrected chi connectivity index (χ1v) is 7.65. The lowest BCUT2D eigenvalue weighted by Gasteiger charge is -2.35. The van der Waals surface area contributed by atoms with E-state index in [1.54, 1.807) is 0 Å². The Morgan fingerprint density at radius 3 is 2.57 bits per heavy atom. The zero-order chi connectivity index (χ0) is 16.4. The molecule has 126 valence electrons. The Balaban J connectivity index is 1.77. The van der Waals surface area contributed by atoms with Crippen LogP contribution in [-0.4, -0.2) is 49.3 Å². The summed E-state index contributed by atoms with van der Waals surface area (Å²) in [6, 6.07) is 4.89. The molecule has 0 saturated carbocycles. The van der Waals surface area contributed by atoms with Crippen LogP contribution >= 0.6 is 0 Å². The maximum absolute atomic E-state index is 13.1. The van der Waals surface area contributed by atoms with Gasteiger partial charge < -0.3 is 14.4 Å². The number of hydrogen-bond acceptors (Lipinski definition) is 3. The first kappa shape index (κ1) is 16.3. The van der Waals surface area contributed by atoms with E-state index >= 15 is 0 Å². The average Bonchev–Trinajstić information content (AvgIpc) is 3.08. The molecule has 0 spiro atoms. The number of carbonyl (C=O) groups excluding carboxylic acids is 1. The molecule has 0 bridgehead atoms. The molecular weight excluding hydrogens is 311 g/mol. The summed E-state index contributed by atoms with van der Waals surface area (Å²) in [7, 11) is 0. The van der Waals surface area contributed by atoms with Crippen LogP contribution in [0.25, 0.3) is 0 Å². The predicted molar refractivity (Wildman–Crippen MR) is 76.1 cm³/mol. The molecule has 0 N–H and O–H groups in total. The van der Waals surface area contributed by atoms with E-state index in [4.69, 9.17) is 9.47 Å². The number of carbonyl (C=O) groups is 1. The predicted octanol–water partition coefficient (Wildman–Crippen LogP) is 2.73. The van der Waals surface area contributed by atoms with Crippen molar-refractivity contribution in [1.82, 2.24) is 4.90 Å². The summed E-state index contributed by atoms with van der Waals surface area (Å²) in [6.07, 6.45) is -3.11. The van der Waals surface area contributed by atoms with Crippen LogP contribution in [0.15, 0.2) is 24.3 Å². The Morgan fingerprint density at radius 2 is 1.87 bits per heavy atom. The number of benzene rings is 1. The summed E-state index contributed by atoms with van der Waals surface area (Å²) < 4.78 is 50.4. The fraction of sp³-hybridized carbons (Fsp3) is 0.562. The third-order valence-corrected chi connectivity index (χ3v) is 4.22. The minimum absolute atomic E-state index is 0.0801. The highest BCUT2D eigenvalue weighted by molar-refractivity contribution is 5.96. The summed E-state index contributed by atoms with van der Waals surface area (Å²) in [5.41, 5.74) is -1.21.